The van der Waals surface area contributed by atoms with Gasteiger partial charge in [-0.15, -0.1) is 0 Å². The molecule has 0 fully saturated rings. The SMILES string of the molecule is Cc1cc2c(Cl)c(Oc3ccc4ccccc4c3Br)c(Cl)cc2n(C)c1=O. The number of rotatable bonds is 2. The molecule has 0 bridgehead atoms. The van der Waals surface area contributed by atoms with Crippen LogP contribution in [0.3, 0.4) is 0 Å². The molecule has 0 saturated heterocycles. The molecule has 4 aromatic rings. The fraction of sp³-hybridized carbons (Fsp3) is 0.0952. The molecule has 4 rings (SSSR count). The van der Waals surface area contributed by atoms with Gasteiger partial charge in [-0.3, -0.25) is 4.79 Å². The van der Waals surface area contributed by atoms with E-state index in [9.17, 15) is 4.79 Å². The van der Waals surface area contributed by atoms with E-state index in [1.165, 1.54) is 4.57 Å². The Hall–Kier alpha value is -2.01. The highest BCUT2D eigenvalue weighted by atomic mass is 79.9. The highest BCUT2D eigenvalue weighted by molar-refractivity contribution is 9.10. The average molecular weight is 463 g/mol. The summed E-state index contributed by atoms with van der Waals surface area (Å²) in [6, 6.07) is 15.3. The Kier molecular flexibility index (Phi) is 4.66. The van der Waals surface area contributed by atoms with Gasteiger partial charge in [0.2, 0.25) is 0 Å². The van der Waals surface area contributed by atoms with Crippen LogP contribution in [0.25, 0.3) is 21.7 Å². The van der Waals surface area contributed by atoms with Crippen molar-refractivity contribution in [1.82, 2.24) is 4.57 Å². The molecule has 1 heterocycles. The number of benzene rings is 3. The van der Waals surface area contributed by atoms with Gasteiger partial charge in [-0.1, -0.05) is 53.5 Å². The predicted octanol–water partition coefficient (Wildman–Crippen LogP) is 6.86. The molecule has 0 aliphatic heterocycles. The number of halogens is 3. The van der Waals surface area contributed by atoms with Crippen LogP contribution >= 0.6 is 39.1 Å². The van der Waals surface area contributed by atoms with E-state index in [1.807, 2.05) is 36.4 Å². The van der Waals surface area contributed by atoms with E-state index in [4.69, 9.17) is 27.9 Å². The van der Waals surface area contributed by atoms with E-state index in [2.05, 4.69) is 15.9 Å². The maximum absolute atomic E-state index is 12.2. The summed E-state index contributed by atoms with van der Waals surface area (Å²) in [7, 11) is 1.70. The number of fused-ring (bicyclic) bond motifs is 2. The summed E-state index contributed by atoms with van der Waals surface area (Å²) < 4.78 is 8.46. The molecule has 0 saturated carbocycles. The number of nitrogens with zero attached hydrogens (tertiary/aromatic N) is 1. The number of aryl methyl sites for hydroxylation is 2. The maximum atomic E-state index is 12.2. The second kappa shape index (κ2) is 6.86. The first-order chi connectivity index (χ1) is 12.9. The fourth-order valence-electron chi connectivity index (χ4n) is 3.17. The third kappa shape index (κ3) is 3.02. The maximum Gasteiger partial charge on any atom is 0.253 e. The van der Waals surface area contributed by atoms with Crippen LogP contribution in [0.4, 0.5) is 0 Å². The second-order valence-electron chi connectivity index (χ2n) is 6.33. The van der Waals surface area contributed by atoms with Crippen molar-refractivity contribution >= 4 is 60.8 Å². The summed E-state index contributed by atoms with van der Waals surface area (Å²) in [4.78, 5) is 12.2. The zero-order chi connectivity index (χ0) is 19.3. The molecule has 136 valence electrons. The summed E-state index contributed by atoms with van der Waals surface area (Å²) in [6.45, 7) is 1.76. The van der Waals surface area contributed by atoms with Gasteiger partial charge in [0, 0.05) is 18.0 Å². The predicted molar refractivity (Wildman–Crippen MR) is 116 cm³/mol. The van der Waals surface area contributed by atoms with Crippen molar-refractivity contribution in [3.63, 3.8) is 0 Å². The lowest BCUT2D eigenvalue weighted by Gasteiger charge is -2.16. The standard InChI is InChI=1S/C21H14BrCl2NO2/c1-11-9-14-16(25(2)21(11)26)10-15(23)20(19(14)24)27-17-8-7-12-5-3-4-6-13(12)18(17)22/h3-10H,1-2H3. The molecular formula is C21H14BrCl2NO2. The van der Waals surface area contributed by atoms with Gasteiger partial charge in [-0.2, -0.15) is 0 Å². The van der Waals surface area contributed by atoms with Gasteiger partial charge in [0.05, 0.1) is 20.0 Å². The number of hydrogen-bond acceptors (Lipinski definition) is 2. The quantitative estimate of drug-likeness (QED) is 0.325. The van der Waals surface area contributed by atoms with Gasteiger partial charge < -0.3 is 9.30 Å². The van der Waals surface area contributed by atoms with Gasteiger partial charge in [0.25, 0.3) is 5.56 Å². The molecular weight excluding hydrogens is 449 g/mol. The van der Waals surface area contributed by atoms with Gasteiger partial charge in [0.1, 0.15) is 5.75 Å². The largest absolute Gasteiger partial charge is 0.453 e. The monoisotopic (exact) mass is 461 g/mol. The van der Waals surface area contributed by atoms with Crippen LogP contribution in [0, 0.1) is 6.92 Å². The van der Waals surface area contributed by atoms with Crippen LogP contribution in [-0.4, -0.2) is 4.57 Å². The molecule has 3 nitrogen and oxygen atoms in total. The Labute approximate surface area is 174 Å². The molecule has 27 heavy (non-hydrogen) atoms. The highest BCUT2D eigenvalue weighted by Crippen LogP contribution is 2.44. The molecule has 0 aliphatic rings. The summed E-state index contributed by atoms with van der Waals surface area (Å²) in [5.74, 6) is 0.971. The van der Waals surface area contributed by atoms with E-state index >= 15 is 0 Å². The second-order valence-corrected chi connectivity index (χ2v) is 7.90. The van der Waals surface area contributed by atoms with E-state index in [0.717, 1.165) is 15.2 Å². The minimum absolute atomic E-state index is 0.0828. The summed E-state index contributed by atoms with van der Waals surface area (Å²) in [6.07, 6.45) is 0. The van der Waals surface area contributed by atoms with Crippen LogP contribution in [0.5, 0.6) is 11.5 Å². The molecule has 0 unspecified atom stereocenters. The van der Waals surface area contributed by atoms with E-state index in [1.54, 1.807) is 26.1 Å². The van der Waals surface area contributed by atoms with Crippen LogP contribution < -0.4 is 10.3 Å². The molecule has 1 aromatic heterocycles. The highest BCUT2D eigenvalue weighted by Gasteiger charge is 2.18. The van der Waals surface area contributed by atoms with Gasteiger partial charge in [-0.25, -0.2) is 0 Å². The Bertz CT molecular complexity index is 1280. The van der Waals surface area contributed by atoms with Crippen molar-refractivity contribution in [2.45, 2.75) is 6.92 Å². The lowest BCUT2D eigenvalue weighted by Crippen LogP contribution is -2.19. The van der Waals surface area contributed by atoms with Crippen molar-refractivity contribution in [3.05, 3.63) is 79.0 Å². The molecule has 6 heteroatoms. The van der Waals surface area contributed by atoms with Gasteiger partial charge in [0.15, 0.2) is 5.75 Å². The Morgan fingerprint density at radius 2 is 1.78 bits per heavy atom. The molecule has 0 N–H and O–H groups in total. The topological polar surface area (TPSA) is 31.2 Å². The minimum Gasteiger partial charge on any atom is -0.453 e. The van der Waals surface area contributed by atoms with E-state index in [0.29, 0.717) is 38.0 Å². The first-order valence-corrected chi connectivity index (χ1v) is 9.77. The molecule has 3 aromatic carbocycles. The van der Waals surface area contributed by atoms with E-state index < -0.39 is 0 Å². The molecule has 0 amide bonds. The normalized spacial score (nSPS) is 11.3. The third-order valence-electron chi connectivity index (χ3n) is 4.60. The van der Waals surface area contributed by atoms with Crippen LogP contribution in [0.15, 0.2) is 57.8 Å². The molecule has 0 radical (unpaired) electrons. The Balaban J connectivity index is 1.91. The number of hydrogen-bond donors (Lipinski definition) is 0. The number of pyridine rings is 1. The van der Waals surface area contributed by atoms with Crippen molar-refractivity contribution in [2.75, 3.05) is 0 Å². The van der Waals surface area contributed by atoms with Crippen LogP contribution in [-0.2, 0) is 7.05 Å². The summed E-state index contributed by atoms with van der Waals surface area (Å²) in [5.41, 5.74) is 1.18. The summed E-state index contributed by atoms with van der Waals surface area (Å²) >= 11 is 16.7. The number of ether oxygens (including phenoxy) is 1. The van der Waals surface area contributed by atoms with Gasteiger partial charge >= 0.3 is 0 Å². The molecule has 0 spiro atoms. The summed E-state index contributed by atoms with van der Waals surface area (Å²) in [5, 5.41) is 3.55. The first-order valence-electron chi connectivity index (χ1n) is 8.22. The zero-order valence-electron chi connectivity index (χ0n) is 14.5. The zero-order valence-corrected chi connectivity index (χ0v) is 17.6. The van der Waals surface area contributed by atoms with Crippen molar-refractivity contribution in [1.29, 1.82) is 0 Å². The minimum atomic E-state index is -0.0828. The van der Waals surface area contributed by atoms with Gasteiger partial charge in [-0.05, 0) is 51.8 Å². The van der Waals surface area contributed by atoms with Crippen molar-refractivity contribution < 1.29 is 4.74 Å². The van der Waals surface area contributed by atoms with Crippen molar-refractivity contribution in [3.8, 4) is 11.5 Å². The van der Waals surface area contributed by atoms with Crippen LogP contribution in [0.1, 0.15) is 5.56 Å². The smallest absolute Gasteiger partial charge is 0.253 e. The van der Waals surface area contributed by atoms with Crippen molar-refractivity contribution in [2.24, 2.45) is 7.05 Å². The average Bonchev–Trinajstić information content (AvgIpc) is 2.66. The number of aromatic nitrogens is 1. The Morgan fingerprint density at radius 1 is 1.04 bits per heavy atom. The Morgan fingerprint density at radius 3 is 2.56 bits per heavy atom. The lowest BCUT2D eigenvalue weighted by molar-refractivity contribution is 0.481. The van der Waals surface area contributed by atoms with E-state index in [-0.39, 0.29) is 5.56 Å². The third-order valence-corrected chi connectivity index (χ3v) is 6.07. The first kappa shape index (κ1) is 18.4. The lowest BCUT2D eigenvalue weighted by atomic mass is 10.1. The molecule has 0 aliphatic carbocycles. The fourth-order valence-corrected chi connectivity index (χ4v) is 4.32. The molecule has 0 atom stereocenters. The van der Waals surface area contributed by atoms with Crippen LogP contribution in [0.2, 0.25) is 10.0 Å².